The smallest absolute Gasteiger partial charge is 0.456 e. The molecule has 0 amide bonds. The Labute approximate surface area is 40.5 Å². The number of hydrogen-bond donors (Lipinski definition) is 0. The maximum atomic E-state index is 2.46. The molecule has 0 aromatic heterocycles. The first kappa shape index (κ1) is 2.25. The molecule has 0 atom stereocenters. The van der Waals surface area contributed by atoms with Crippen LogP contribution in [-0.4, -0.2) is 7.59 Å². The third-order valence-electron chi connectivity index (χ3n) is 0.926. The standard InChI is InChI=1S/C2Cl3/c3-1-2(3,4-1)5-1/q+3. The minimum atomic E-state index is 0.646. The van der Waals surface area contributed by atoms with Crippen LogP contribution in [-0.2, 0) is 0 Å². The Balaban J connectivity index is 2.58. The molecule has 3 heterocycles. The highest BCUT2D eigenvalue weighted by Crippen LogP contribution is 2.88. The van der Waals surface area contributed by atoms with Crippen molar-refractivity contribution in [2.24, 2.45) is 0 Å². The van der Waals surface area contributed by atoms with E-state index in [1.165, 1.54) is 0 Å². The topological polar surface area (TPSA) is 0 Å². The third kappa shape index (κ3) is 0.0839. The van der Waals surface area contributed by atoms with Gasteiger partial charge < -0.3 is 0 Å². The Morgan fingerprint density at radius 1 is 0.800 bits per heavy atom. The molecule has 0 aliphatic carbocycles. The lowest BCUT2D eigenvalue weighted by molar-refractivity contribution is -1.21. The molecule has 5 heavy (non-hydrogen) atoms. The number of halogens is 3. The minimum Gasteiger partial charge on any atom is 0.456 e. The van der Waals surface area contributed by atoms with E-state index in [2.05, 4.69) is 32.4 Å². The fraction of sp³-hybridized carbons (Fsp3) is 1.00. The van der Waals surface area contributed by atoms with Gasteiger partial charge in [-0.3, -0.25) is 0 Å². The quantitative estimate of drug-likeness (QED) is 0.391. The lowest BCUT2D eigenvalue weighted by Gasteiger charge is -1.40. The molecule has 0 unspecified atom stereocenters. The van der Waals surface area contributed by atoms with Gasteiger partial charge in [0.05, 0.1) is 0 Å². The minimum absolute atomic E-state index is 0.646. The van der Waals surface area contributed by atoms with Crippen molar-refractivity contribution in [3.8, 4) is 0 Å². The van der Waals surface area contributed by atoms with E-state index in [0.29, 0.717) is 7.59 Å². The maximum absolute atomic E-state index is 2.46. The van der Waals surface area contributed by atoms with Gasteiger partial charge in [0, 0.05) is 0 Å². The largest absolute Gasteiger partial charge is 0.816 e. The van der Waals surface area contributed by atoms with E-state index in [9.17, 15) is 0 Å². The van der Waals surface area contributed by atoms with Crippen LogP contribution < -0.4 is 0 Å². The normalized spacial score (nSPS) is 91.2. The van der Waals surface area contributed by atoms with Crippen LogP contribution in [0, 0.1) is 32.4 Å². The van der Waals surface area contributed by atoms with Crippen LogP contribution >= 0.6 is 0 Å². The molecule has 3 fully saturated rings. The molecule has 0 bridgehead atoms. The van der Waals surface area contributed by atoms with E-state index in [1.54, 1.807) is 0 Å². The SMILES string of the molecule is [Cl+]1C23[Cl+]C12[Cl+]3. The molecule has 3 rings (SSSR count). The van der Waals surface area contributed by atoms with Crippen molar-refractivity contribution < 1.29 is 32.4 Å². The van der Waals surface area contributed by atoms with Crippen molar-refractivity contribution >= 4 is 0 Å². The van der Waals surface area contributed by atoms with Crippen molar-refractivity contribution in [1.29, 1.82) is 0 Å². The zero-order valence-corrected chi connectivity index (χ0v) is 4.40. The maximum Gasteiger partial charge on any atom is 0.816 e. The Morgan fingerprint density at radius 2 is 1.00 bits per heavy atom. The van der Waals surface area contributed by atoms with Crippen molar-refractivity contribution in [3.63, 3.8) is 0 Å². The molecule has 26 valence electrons. The van der Waals surface area contributed by atoms with Crippen LogP contribution in [0.3, 0.4) is 0 Å². The molecule has 0 N–H and O–H groups in total. The highest BCUT2D eigenvalue weighted by molar-refractivity contribution is 4.94. The summed E-state index contributed by atoms with van der Waals surface area (Å²) in [5, 5.41) is 0. The third-order valence-corrected chi connectivity index (χ3v) is 6.64. The van der Waals surface area contributed by atoms with Crippen LogP contribution in [0.2, 0.25) is 0 Å². The van der Waals surface area contributed by atoms with Gasteiger partial charge in [-0.15, -0.1) is 0 Å². The first-order valence-electron chi connectivity index (χ1n) is 1.38. The molecule has 0 saturated carbocycles. The predicted octanol–water partition coefficient (Wildman–Crippen LogP) is -0.410. The van der Waals surface area contributed by atoms with Crippen LogP contribution in [0.4, 0.5) is 0 Å². The molecular formula is C2Cl3+3. The van der Waals surface area contributed by atoms with E-state index in [1.807, 2.05) is 0 Å². The van der Waals surface area contributed by atoms with Gasteiger partial charge >= 0.3 is 40.0 Å². The van der Waals surface area contributed by atoms with Crippen molar-refractivity contribution in [2.45, 2.75) is 7.59 Å². The highest BCUT2D eigenvalue weighted by atomic mass is 35.7. The van der Waals surface area contributed by atoms with Gasteiger partial charge in [-0.2, -0.15) is 0 Å². The predicted molar refractivity (Wildman–Crippen MR) is 5.46 cm³/mol. The van der Waals surface area contributed by atoms with E-state index in [-0.39, 0.29) is 0 Å². The van der Waals surface area contributed by atoms with Gasteiger partial charge in [0.25, 0.3) is 0 Å². The van der Waals surface area contributed by atoms with Gasteiger partial charge in [0.1, 0.15) is 0 Å². The van der Waals surface area contributed by atoms with Crippen LogP contribution in [0.1, 0.15) is 0 Å². The zero-order valence-electron chi connectivity index (χ0n) is 2.13. The molecular weight excluding hydrogens is 130 g/mol. The summed E-state index contributed by atoms with van der Waals surface area (Å²) in [6.45, 7) is 0. The summed E-state index contributed by atoms with van der Waals surface area (Å²) in [6.07, 6.45) is 0. The van der Waals surface area contributed by atoms with Crippen molar-refractivity contribution in [2.75, 3.05) is 0 Å². The molecule has 0 spiro atoms. The monoisotopic (exact) mass is 129 g/mol. The first-order chi connectivity index (χ1) is 2.37. The highest BCUT2D eigenvalue weighted by Gasteiger charge is 3.68. The van der Waals surface area contributed by atoms with E-state index in [0.717, 1.165) is 0 Å². The average Bonchev–Trinajstić information content (AvgIpc) is 1.30. The van der Waals surface area contributed by atoms with Gasteiger partial charge in [-0.1, -0.05) is 0 Å². The Bertz CT molecular complexity index is 86.3. The fourth-order valence-corrected chi connectivity index (χ4v) is 5.08. The van der Waals surface area contributed by atoms with Gasteiger partial charge in [-0.05, 0) is 0 Å². The van der Waals surface area contributed by atoms with Crippen LogP contribution in [0.15, 0.2) is 0 Å². The lowest BCUT2D eigenvalue weighted by Crippen LogP contribution is -2.08. The second kappa shape index (κ2) is 0.290. The number of alkyl halides is 6. The average molecular weight is 130 g/mol. The number of hydrogen-bond acceptors (Lipinski definition) is 0. The Hall–Kier alpha value is 0.870. The summed E-state index contributed by atoms with van der Waals surface area (Å²) in [6, 6.07) is 0. The molecule has 0 radical (unpaired) electrons. The summed E-state index contributed by atoms with van der Waals surface area (Å²) < 4.78 is 1.29. The summed E-state index contributed by atoms with van der Waals surface area (Å²) in [7, 11) is 7.37. The van der Waals surface area contributed by atoms with E-state index in [4.69, 9.17) is 0 Å². The summed E-state index contributed by atoms with van der Waals surface area (Å²) in [5.74, 6) is 0. The summed E-state index contributed by atoms with van der Waals surface area (Å²) >= 11 is 0. The van der Waals surface area contributed by atoms with Gasteiger partial charge in [-0.25, -0.2) is 0 Å². The molecule has 0 nitrogen and oxygen atoms in total. The molecule has 3 saturated heterocycles. The Kier molecular flexibility index (Phi) is 0.130. The molecule has 0 aromatic carbocycles. The van der Waals surface area contributed by atoms with Gasteiger partial charge in [0.2, 0.25) is 0 Å². The zero-order chi connectivity index (χ0) is 3.12. The summed E-state index contributed by atoms with van der Waals surface area (Å²) in [4.78, 5) is 0. The first-order valence-corrected chi connectivity index (χ1v) is 3.65. The molecule has 3 aliphatic rings. The lowest BCUT2D eigenvalue weighted by atomic mass is 11.0. The fourth-order valence-electron chi connectivity index (χ4n) is 0.402. The van der Waals surface area contributed by atoms with Crippen molar-refractivity contribution in [1.82, 2.24) is 0 Å². The summed E-state index contributed by atoms with van der Waals surface area (Å²) in [5.41, 5.74) is 0. The molecule has 3 aliphatic heterocycles. The van der Waals surface area contributed by atoms with Crippen molar-refractivity contribution in [3.05, 3.63) is 0 Å². The van der Waals surface area contributed by atoms with Crippen LogP contribution in [0.25, 0.3) is 0 Å². The molecule has 0 aromatic rings. The number of rotatable bonds is 0. The molecule has 3 heteroatoms. The Morgan fingerprint density at radius 3 is 1.00 bits per heavy atom. The second-order valence-corrected chi connectivity index (χ2v) is 6.41. The second-order valence-electron chi connectivity index (χ2n) is 1.28. The van der Waals surface area contributed by atoms with Crippen LogP contribution in [0.5, 0.6) is 0 Å². The van der Waals surface area contributed by atoms with E-state index < -0.39 is 0 Å². The van der Waals surface area contributed by atoms with Gasteiger partial charge in [0.15, 0.2) is 0 Å². The van der Waals surface area contributed by atoms with E-state index >= 15 is 0 Å².